The summed E-state index contributed by atoms with van der Waals surface area (Å²) in [6, 6.07) is 8.07. The predicted octanol–water partition coefficient (Wildman–Crippen LogP) is 4.90. The van der Waals surface area contributed by atoms with E-state index >= 15 is 0 Å². The summed E-state index contributed by atoms with van der Waals surface area (Å²) in [6.45, 7) is 4.22. The monoisotopic (exact) mass is 311 g/mol. The summed E-state index contributed by atoms with van der Waals surface area (Å²) in [5, 5.41) is 3.98. The highest BCUT2D eigenvalue weighted by molar-refractivity contribution is 7.12. The molecule has 1 atom stereocenters. The molecular formula is C15H18ClNO2S. The quantitative estimate of drug-likeness (QED) is 0.852. The average molecular weight is 312 g/mol. The second-order valence-corrected chi connectivity index (χ2v) is 6.23. The third-order valence-electron chi connectivity index (χ3n) is 3.03. The maximum absolute atomic E-state index is 6.11. The highest BCUT2D eigenvalue weighted by atomic mass is 35.5. The minimum absolute atomic E-state index is 0.188. The van der Waals surface area contributed by atoms with Crippen LogP contribution in [0.1, 0.15) is 22.7 Å². The first-order chi connectivity index (χ1) is 9.55. The highest BCUT2D eigenvalue weighted by Crippen LogP contribution is 2.38. The number of halogens is 1. The number of aryl methyl sites for hydroxylation is 1. The first-order valence-corrected chi connectivity index (χ1v) is 7.49. The Morgan fingerprint density at radius 1 is 1.15 bits per heavy atom. The lowest BCUT2D eigenvalue weighted by Gasteiger charge is -2.18. The summed E-state index contributed by atoms with van der Waals surface area (Å²) < 4.78 is 10.6. The van der Waals surface area contributed by atoms with Crippen LogP contribution in [0.25, 0.3) is 0 Å². The van der Waals surface area contributed by atoms with Crippen LogP contribution in [-0.2, 0) is 0 Å². The van der Waals surface area contributed by atoms with Gasteiger partial charge < -0.3 is 14.8 Å². The highest BCUT2D eigenvalue weighted by Gasteiger charge is 2.14. The van der Waals surface area contributed by atoms with Gasteiger partial charge in [-0.2, -0.15) is 0 Å². The molecule has 0 saturated carbocycles. The average Bonchev–Trinajstić information content (AvgIpc) is 2.87. The molecule has 20 heavy (non-hydrogen) atoms. The Kier molecular flexibility index (Phi) is 4.78. The molecule has 5 heteroatoms. The van der Waals surface area contributed by atoms with Crippen LogP contribution in [0.2, 0.25) is 5.02 Å². The van der Waals surface area contributed by atoms with Crippen molar-refractivity contribution in [2.45, 2.75) is 19.9 Å². The molecule has 0 aliphatic carbocycles. The number of hydrogen-bond acceptors (Lipinski definition) is 4. The Balaban J connectivity index is 2.27. The van der Waals surface area contributed by atoms with Gasteiger partial charge in [0.15, 0.2) is 0 Å². The van der Waals surface area contributed by atoms with Gasteiger partial charge >= 0.3 is 0 Å². The second-order valence-electron chi connectivity index (χ2n) is 4.50. The van der Waals surface area contributed by atoms with Crippen LogP contribution in [0.3, 0.4) is 0 Å². The summed E-state index contributed by atoms with van der Waals surface area (Å²) in [5.41, 5.74) is 0.868. The molecule has 0 bridgehead atoms. The molecule has 1 aromatic carbocycles. The number of hydrogen-bond donors (Lipinski definition) is 1. The summed E-state index contributed by atoms with van der Waals surface area (Å²) in [4.78, 5) is 2.58. The summed E-state index contributed by atoms with van der Waals surface area (Å²) in [7, 11) is 3.23. The molecule has 2 rings (SSSR count). The van der Waals surface area contributed by atoms with Gasteiger partial charge in [0.1, 0.15) is 11.5 Å². The lowest BCUT2D eigenvalue weighted by Crippen LogP contribution is -2.06. The van der Waals surface area contributed by atoms with Gasteiger partial charge in [-0.1, -0.05) is 11.6 Å². The molecule has 1 N–H and O–H groups in total. The van der Waals surface area contributed by atoms with Crippen LogP contribution in [0, 0.1) is 6.92 Å². The topological polar surface area (TPSA) is 30.5 Å². The van der Waals surface area contributed by atoms with Crippen LogP contribution < -0.4 is 14.8 Å². The molecular weight excluding hydrogens is 294 g/mol. The number of nitrogens with one attached hydrogen (secondary N) is 1. The molecule has 0 aliphatic heterocycles. The number of methoxy groups -OCH3 is 2. The molecule has 0 saturated heterocycles. The van der Waals surface area contributed by atoms with E-state index in [1.54, 1.807) is 31.6 Å². The molecule has 1 heterocycles. The number of rotatable bonds is 5. The van der Waals surface area contributed by atoms with E-state index in [0.29, 0.717) is 16.5 Å². The van der Waals surface area contributed by atoms with Crippen LogP contribution >= 0.6 is 22.9 Å². The maximum Gasteiger partial charge on any atom is 0.143 e. The van der Waals surface area contributed by atoms with E-state index in [1.807, 2.05) is 6.07 Å². The van der Waals surface area contributed by atoms with Gasteiger partial charge in [-0.3, -0.25) is 0 Å². The summed E-state index contributed by atoms with van der Waals surface area (Å²) in [5.74, 6) is 1.33. The third kappa shape index (κ3) is 3.19. The SMILES string of the molecule is COc1cc(NC(C)c2ccc(C)s2)c(OC)cc1Cl. The third-order valence-corrected chi connectivity index (χ3v) is 4.51. The van der Waals surface area contributed by atoms with Crippen molar-refractivity contribution in [2.75, 3.05) is 19.5 Å². The van der Waals surface area contributed by atoms with Crippen molar-refractivity contribution < 1.29 is 9.47 Å². The van der Waals surface area contributed by atoms with Crippen molar-refractivity contribution in [3.8, 4) is 11.5 Å². The Bertz CT molecular complexity index is 598. The van der Waals surface area contributed by atoms with E-state index in [9.17, 15) is 0 Å². The van der Waals surface area contributed by atoms with Gasteiger partial charge in [-0.05, 0) is 26.0 Å². The van der Waals surface area contributed by atoms with Crippen molar-refractivity contribution in [1.29, 1.82) is 0 Å². The van der Waals surface area contributed by atoms with Gasteiger partial charge in [-0.15, -0.1) is 11.3 Å². The molecule has 108 valence electrons. The fourth-order valence-electron chi connectivity index (χ4n) is 1.96. The van der Waals surface area contributed by atoms with Gasteiger partial charge in [0.05, 0.1) is 31.0 Å². The molecule has 0 spiro atoms. The number of benzene rings is 1. The number of anilines is 1. The number of ether oxygens (including phenoxy) is 2. The molecule has 3 nitrogen and oxygen atoms in total. The first-order valence-electron chi connectivity index (χ1n) is 6.29. The van der Waals surface area contributed by atoms with E-state index in [4.69, 9.17) is 21.1 Å². The zero-order valence-electron chi connectivity index (χ0n) is 12.0. The maximum atomic E-state index is 6.11. The van der Waals surface area contributed by atoms with Gasteiger partial charge in [0.2, 0.25) is 0 Å². The minimum Gasteiger partial charge on any atom is -0.495 e. The van der Waals surface area contributed by atoms with Crippen molar-refractivity contribution >= 4 is 28.6 Å². The second kappa shape index (κ2) is 6.37. The molecule has 0 amide bonds. The fourth-order valence-corrected chi connectivity index (χ4v) is 3.07. The zero-order chi connectivity index (χ0) is 14.7. The van der Waals surface area contributed by atoms with Crippen molar-refractivity contribution in [1.82, 2.24) is 0 Å². The standard InChI is InChI=1S/C15H18ClNO2S/c1-9-5-6-15(20-9)10(2)17-12-8-13(18-3)11(16)7-14(12)19-4/h5-8,10,17H,1-4H3. The fraction of sp³-hybridized carbons (Fsp3) is 0.333. The van der Waals surface area contributed by atoms with Crippen LogP contribution in [-0.4, -0.2) is 14.2 Å². The molecule has 0 aliphatic rings. The van der Waals surface area contributed by atoms with Crippen molar-refractivity contribution in [2.24, 2.45) is 0 Å². The van der Waals surface area contributed by atoms with E-state index in [2.05, 4.69) is 31.3 Å². The molecule has 0 fully saturated rings. The minimum atomic E-state index is 0.188. The van der Waals surface area contributed by atoms with E-state index < -0.39 is 0 Å². The largest absolute Gasteiger partial charge is 0.495 e. The Morgan fingerprint density at radius 2 is 1.85 bits per heavy atom. The lowest BCUT2D eigenvalue weighted by molar-refractivity contribution is 0.404. The Morgan fingerprint density at radius 3 is 2.40 bits per heavy atom. The van der Waals surface area contributed by atoms with Crippen molar-refractivity contribution in [3.63, 3.8) is 0 Å². The lowest BCUT2D eigenvalue weighted by atomic mass is 10.2. The summed E-state index contributed by atoms with van der Waals surface area (Å²) in [6.07, 6.45) is 0. The summed E-state index contributed by atoms with van der Waals surface area (Å²) >= 11 is 7.89. The van der Waals surface area contributed by atoms with Crippen LogP contribution in [0.4, 0.5) is 5.69 Å². The Hall–Kier alpha value is -1.39. The Labute approximate surface area is 128 Å². The number of thiophene rings is 1. The van der Waals surface area contributed by atoms with Crippen LogP contribution in [0.15, 0.2) is 24.3 Å². The molecule has 1 aromatic heterocycles. The smallest absolute Gasteiger partial charge is 0.143 e. The van der Waals surface area contributed by atoms with Gasteiger partial charge in [0.25, 0.3) is 0 Å². The van der Waals surface area contributed by atoms with Gasteiger partial charge in [-0.25, -0.2) is 0 Å². The predicted molar refractivity (Wildman–Crippen MR) is 85.6 cm³/mol. The van der Waals surface area contributed by atoms with E-state index in [0.717, 1.165) is 5.69 Å². The van der Waals surface area contributed by atoms with Crippen molar-refractivity contribution in [3.05, 3.63) is 39.0 Å². The molecule has 2 aromatic rings. The normalized spacial score (nSPS) is 12.1. The molecule has 0 radical (unpaired) electrons. The van der Waals surface area contributed by atoms with E-state index in [1.165, 1.54) is 9.75 Å². The van der Waals surface area contributed by atoms with Crippen LogP contribution in [0.5, 0.6) is 11.5 Å². The van der Waals surface area contributed by atoms with Gasteiger partial charge in [0, 0.05) is 21.9 Å². The molecule has 1 unspecified atom stereocenters. The first kappa shape index (κ1) is 15.0. The zero-order valence-corrected chi connectivity index (χ0v) is 13.6. The van der Waals surface area contributed by atoms with E-state index in [-0.39, 0.29) is 6.04 Å².